The van der Waals surface area contributed by atoms with E-state index >= 15 is 0 Å². The van der Waals surface area contributed by atoms with Crippen LogP contribution in [0, 0.1) is 0 Å². The molecule has 38 valence electrons. The van der Waals surface area contributed by atoms with Crippen LogP contribution in [0.15, 0.2) is 0 Å². The summed E-state index contributed by atoms with van der Waals surface area (Å²) in [5, 5.41) is 21.5. The maximum absolute atomic E-state index is 7.17. The van der Waals surface area contributed by atoms with Crippen molar-refractivity contribution >= 4 is 80.6 Å². The third-order valence-corrected chi connectivity index (χ3v) is 0. The van der Waals surface area contributed by atoms with Crippen molar-refractivity contribution in [2.24, 2.45) is 0 Å². The van der Waals surface area contributed by atoms with Crippen LogP contribution in [0.4, 0.5) is 0 Å². The molecule has 0 rings (SSSR count). The third kappa shape index (κ3) is 49.6. The van der Waals surface area contributed by atoms with Crippen LogP contribution in [0.5, 0.6) is 0 Å². The second-order valence-electron chi connectivity index (χ2n) is 0.346. The minimum atomic E-state index is -2.17. The van der Waals surface area contributed by atoms with E-state index in [1.165, 1.54) is 0 Å². The SMILES string of the molecule is OB(O)O.[BaH2].[SbH3].[Zn]. The molecular formula is H8BBaO3SbZn. The van der Waals surface area contributed by atoms with Crippen LogP contribution < -0.4 is 0 Å². The fourth-order valence-electron chi connectivity index (χ4n) is 0. The van der Waals surface area contributed by atoms with E-state index in [1.807, 2.05) is 0 Å². The van der Waals surface area contributed by atoms with Gasteiger partial charge in [-0.25, -0.2) is 0 Å². The van der Waals surface area contributed by atoms with E-state index in [9.17, 15) is 0 Å². The van der Waals surface area contributed by atoms with Gasteiger partial charge in [0.2, 0.25) is 0 Å². The quantitative estimate of drug-likeness (QED) is 0.368. The van der Waals surface area contributed by atoms with Crippen molar-refractivity contribution in [2.75, 3.05) is 0 Å². The summed E-state index contributed by atoms with van der Waals surface area (Å²) >= 11 is 0. The smallest absolute Gasteiger partial charge is 0 e. The largest absolute Gasteiger partial charge is 0 e. The molecule has 0 spiro atoms. The van der Waals surface area contributed by atoms with Crippen molar-refractivity contribution < 1.29 is 34.6 Å². The third-order valence-electron chi connectivity index (χ3n) is 0. The summed E-state index contributed by atoms with van der Waals surface area (Å²) in [4.78, 5) is 0. The Bertz CT molecular complexity index is 19.7. The second kappa shape index (κ2) is 16.0. The molecule has 0 aromatic heterocycles. The van der Waals surface area contributed by atoms with Crippen molar-refractivity contribution in [3.05, 3.63) is 0 Å². The monoisotopic (exact) mass is 390 g/mol. The zero-order valence-corrected chi connectivity index (χ0v) is 10.3. The van der Waals surface area contributed by atoms with Crippen LogP contribution in [0.1, 0.15) is 0 Å². The van der Waals surface area contributed by atoms with Crippen LogP contribution >= 0.6 is 0 Å². The van der Waals surface area contributed by atoms with Crippen molar-refractivity contribution in [3.63, 3.8) is 0 Å². The van der Waals surface area contributed by atoms with Gasteiger partial charge >= 0.3 is 80.6 Å². The van der Waals surface area contributed by atoms with Crippen LogP contribution in [0.25, 0.3) is 0 Å². The Morgan fingerprint density at radius 2 is 1.00 bits per heavy atom. The van der Waals surface area contributed by atoms with Gasteiger partial charge in [0.1, 0.15) is 0 Å². The Kier molecular flexibility index (Phi) is 51.4. The minimum absolute atomic E-state index is 0. The summed E-state index contributed by atoms with van der Waals surface area (Å²) < 4.78 is 0. The summed E-state index contributed by atoms with van der Waals surface area (Å²) in [5.74, 6) is 0. The summed E-state index contributed by atoms with van der Waals surface area (Å²) in [7, 11) is -2.17. The Morgan fingerprint density at radius 1 is 1.00 bits per heavy atom. The fourth-order valence-corrected chi connectivity index (χ4v) is 0. The average molecular weight is 391 g/mol. The van der Waals surface area contributed by atoms with E-state index in [0.717, 1.165) is 0 Å². The standard InChI is InChI=1S/BH3O3.Ba.Sb.Zn.5H/c2-1(3)4;;;;;;;;/h2-4H;;;;;;;;. The number of hydrogen-bond donors (Lipinski definition) is 3. The van der Waals surface area contributed by atoms with Gasteiger partial charge < -0.3 is 15.1 Å². The van der Waals surface area contributed by atoms with E-state index in [4.69, 9.17) is 15.1 Å². The van der Waals surface area contributed by atoms with Gasteiger partial charge in [-0.15, -0.1) is 0 Å². The minimum Gasteiger partial charge on any atom is 0 e. The molecule has 7 heavy (non-hydrogen) atoms. The van der Waals surface area contributed by atoms with Gasteiger partial charge in [-0.1, -0.05) is 0 Å². The van der Waals surface area contributed by atoms with E-state index in [0.29, 0.717) is 0 Å². The Balaban J connectivity index is -0.0000000150. The molecule has 7 heteroatoms. The Hall–Kier alpha value is 2.96. The van der Waals surface area contributed by atoms with Gasteiger partial charge in [0.25, 0.3) is 0 Å². The summed E-state index contributed by atoms with van der Waals surface area (Å²) in [5.41, 5.74) is 0. The van der Waals surface area contributed by atoms with E-state index < -0.39 is 7.32 Å². The molecule has 0 atom stereocenters. The molecule has 0 unspecified atom stereocenters. The fraction of sp³-hybridized carbons (Fsp3) is 0. The first-order chi connectivity index (χ1) is 1.73. The van der Waals surface area contributed by atoms with E-state index in [-0.39, 0.29) is 92.8 Å². The van der Waals surface area contributed by atoms with Crippen molar-refractivity contribution in [1.29, 1.82) is 0 Å². The van der Waals surface area contributed by atoms with Crippen molar-refractivity contribution in [1.82, 2.24) is 0 Å². The molecule has 0 aliphatic heterocycles. The van der Waals surface area contributed by atoms with Gasteiger partial charge in [0.05, 0.1) is 0 Å². The predicted molar refractivity (Wildman–Crippen MR) is 30.9 cm³/mol. The summed E-state index contributed by atoms with van der Waals surface area (Å²) in [6.07, 6.45) is 0. The average Bonchev–Trinajstić information content (AvgIpc) is 0.811. The molecule has 0 bridgehead atoms. The molecule has 0 saturated heterocycles. The first-order valence-electron chi connectivity index (χ1n) is 0.775. The first-order valence-corrected chi connectivity index (χ1v) is 0.775. The van der Waals surface area contributed by atoms with Crippen LogP contribution in [0.3, 0.4) is 0 Å². The molecular weight excluding hydrogens is 383 g/mol. The molecule has 3 nitrogen and oxygen atoms in total. The molecule has 0 heterocycles. The summed E-state index contributed by atoms with van der Waals surface area (Å²) in [6, 6.07) is 0. The molecule has 0 aromatic carbocycles. The van der Waals surface area contributed by atoms with Gasteiger partial charge in [-0.2, -0.15) is 0 Å². The maximum Gasteiger partial charge on any atom is 0 e. The van der Waals surface area contributed by atoms with Crippen LogP contribution in [-0.2, 0) is 19.5 Å². The van der Waals surface area contributed by atoms with Crippen LogP contribution in [-0.4, -0.2) is 95.7 Å². The predicted octanol–water partition coefficient (Wildman–Crippen LogP) is -4.15. The zero-order chi connectivity index (χ0) is 3.58. The van der Waals surface area contributed by atoms with Gasteiger partial charge in [0.15, 0.2) is 0 Å². The maximum atomic E-state index is 7.17. The van der Waals surface area contributed by atoms with Crippen molar-refractivity contribution in [2.45, 2.75) is 0 Å². The Labute approximate surface area is 113 Å². The molecule has 0 aromatic rings. The van der Waals surface area contributed by atoms with E-state index in [2.05, 4.69) is 0 Å². The Morgan fingerprint density at radius 3 is 1.00 bits per heavy atom. The number of hydrogen-bond acceptors (Lipinski definition) is 3. The first kappa shape index (κ1) is 22.5. The van der Waals surface area contributed by atoms with Gasteiger partial charge in [-0.05, 0) is 0 Å². The van der Waals surface area contributed by atoms with Gasteiger partial charge in [0, 0.05) is 19.5 Å². The molecule has 0 fully saturated rings. The summed E-state index contributed by atoms with van der Waals surface area (Å²) in [6.45, 7) is 0. The molecule has 3 N–H and O–H groups in total. The molecule has 0 aliphatic carbocycles. The molecule has 0 aliphatic rings. The van der Waals surface area contributed by atoms with Crippen molar-refractivity contribution in [3.8, 4) is 0 Å². The van der Waals surface area contributed by atoms with Crippen LogP contribution in [0.2, 0.25) is 0 Å². The zero-order valence-electron chi connectivity index (χ0n) is 3.33. The normalized spacial score (nSPS) is 3.86. The second-order valence-corrected chi connectivity index (χ2v) is 0.346. The molecule has 0 saturated carbocycles. The topological polar surface area (TPSA) is 60.7 Å². The van der Waals surface area contributed by atoms with E-state index in [1.54, 1.807) is 0 Å². The molecule has 0 radical (unpaired) electrons. The number of rotatable bonds is 0. The molecule has 0 amide bonds. The van der Waals surface area contributed by atoms with Gasteiger partial charge in [-0.3, -0.25) is 0 Å².